The molecule has 1 amide bonds. The zero-order chi connectivity index (χ0) is 17.6. The number of piperidine rings is 1. The van der Waals surface area contributed by atoms with E-state index in [0.29, 0.717) is 30.8 Å². The third-order valence-electron chi connectivity index (χ3n) is 5.08. The van der Waals surface area contributed by atoms with E-state index in [4.69, 9.17) is 16.3 Å². The highest BCUT2D eigenvalue weighted by Crippen LogP contribution is 2.28. The molecule has 2 unspecified atom stereocenters. The summed E-state index contributed by atoms with van der Waals surface area (Å²) in [4.78, 5) is 28.0. The first-order valence-corrected chi connectivity index (χ1v) is 8.94. The first kappa shape index (κ1) is 16.5. The van der Waals surface area contributed by atoms with Crippen LogP contribution in [0, 0.1) is 0 Å². The van der Waals surface area contributed by atoms with E-state index >= 15 is 0 Å². The number of aryl methyl sites for hydroxylation is 1. The Morgan fingerprint density at radius 1 is 1.32 bits per heavy atom. The predicted molar refractivity (Wildman–Crippen MR) is 92.9 cm³/mol. The summed E-state index contributed by atoms with van der Waals surface area (Å²) < 4.78 is 7.37. The molecule has 2 aromatic heterocycles. The maximum Gasteiger partial charge on any atom is 0.260 e. The van der Waals surface area contributed by atoms with Crippen molar-refractivity contribution in [3.8, 4) is 0 Å². The molecule has 25 heavy (non-hydrogen) atoms. The van der Waals surface area contributed by atoms with Crippen molar-refractivity contribution in [3.63, 3.8) is 0 Å². The highest BCUT2D eigenvalue weighted by molar-refractivity contribution is 6.29. The Bertz CT molecular complexity index is 875. The summed E-state index contributed by atoms with van der Waals surface area (Å²) in [6.07, 6.45) is 4.51. The number of ether oxygens (including phenoxy) is 1. The van der Waals surface area contributed by atoms with Crippen molar-refractivity contribution in [1.82, 2.24) is 19.7 Å². The largest absolute Gasteiger partial charge is 0.377 e. The molecule has 8 heteroatoms. The number of aromatic nitrogens is 3. The SMILES string of the molecule is CCn1cc(C(=O)N2C3CCCC2COC3)c(=O)c2cc(Cl)nnc21. The number of hydrogen-bond donors (Lipinski definition) is 0. The second-order valence-electron chi connectivity index (χ2n) is 6.55. The van der Waals surface area contributed by atoms with Gasteiger partial charge in [0.2, 0.25) is 5.43 Å². The fourth-order valence-corrected chi connectivity index (χ4v) is 4.01. The lowest BCUT2D eigenvalue weighted by molar-refractivity contribution is -0.0566. The van der Waals surface area contributed by atoms with Crippen molar-refractivity contribution in [2.24, 2.45) is 0 Å². The van der Waals surface area contributed by atoms with Crippen LogP contribution in [0.2, 0.25) is 5.15 Å². The average Bonchev–Trinajstić information content (AvgIpc) is 2.61. The van der Waals surface area contributed by atoms with E-state index in [0.717, 1.165) is 19.3 Å². The van der Waals surface area contributed by atoms with Crippen molar-refractivity contribution in [2.45, 2.75) is 44.8 Å². The standard InChI is InChI=1S/C17H19ClN4O3/c1-2-21-7-13(15(23)12-6-14(18)19-20-16(12)21)17(24)22-10-4-3-5-11(22)9-25-8-10/h6-7,10-11H,2-5,8-9H2,1H3. The molecule has 2 aromatic rings. The number of morpholine rings is 1. The second kappa shape index (κ2) is 6.38. The molecule has 7 nitrogen and oxygen atoms in total. The number of amides is 1. The molecule has 2 aliphatic rings. The van der Waals surface area contributed by atoms with Gasteiger partial charge in [-0.15, -0.1) is 10.2 Å². The highest BCUT2D eigenvalue weighted by Gasteiger charge is 2.39. The van der Waals surface area contributed by atoms with Crippen LogP contribution in [0.25, 0.3) is 11.0 Å². The van der Waals surface area contributed by atoms with Crippen molar-refractivity contribution in [1.29, 1.82) is 0 Å². The molecule has 0 N–H and O–H groups in total. The fraction of sp³-hybridized carbons (Fsp3) is 0.529. The van der Waals surface area contributed by atoms with Crippen LogP contribution in [0.5, 0.6) is 0 Å². The Balaban J connectivity index is 1.84. The van der Waals surface area contributed by atoms with Crippen LogP contribution in [0.1, 0.15) is 36.5 Å². The highest BCUT2D eigenvalue weighted by atomic mass is 35.5. The van der Waals surface area contributed by atoms with E-state index in [1.807, 2.05) is 11.8 Å². The van der Waals surface area contributed by atoms with Crippen molar-refractivity contribution in [2.75, 3.05) is 13.2 Å². The smallest absolute Gasteiger partial charge is 0.260 e. The molecule has 4 rings (SSSR count). The van der Waals surface area contributed by atoms with Crippen LogP contribution in [-0.4, -0.2) is 50.9 Å². The first-order valence-electron chi connectivity index (χ1n) is 8.57. The minimum atomic E-state index is -0.342. The van der Waals surface area contributed by atoms with E-state index in [1.165, 1.54) is 6.07 Å². The Kier molecular flexibility index (Phi) is 4.21. The molecule has 0 saturated carbocycles. The van der Waals surface area contributed by atoms with Gasteiger partial charge in [0.05, 0.1) is 30.7 Å². The van der Waals surface area contributed by atoms with Crippen LogP contribution >= 0.6 is 11.6 Å². The Labute approximate surface area is 149 Å². The number of nitrogens with zero attached hydrogens (tertiary/aromatic N) is 4. The monoisotopic (exact) mass is 362 g/mol. The number of carbonyl (C=O) groups is 1. The normalized spacial score (nSPS) is 23.0. The number of fused-ring (bicyclic) bond motifs is 3. The fourth-order valence-electron chi connectivity index (χ4n) is 3.86. The third kappa shape index (κ3) is 2.71. The maximum absolute atomic E-state index is 13.2. The molecule has 4 heterocycles. The molecular formula is C17H19ClN4O3. The summed E-state index contributed by atoms with van der Waals surface area (Å²) in [6, 6.07) is 1.57. The lowest BCUT2D eigenvalue weighted by atomic mass is 9.93. The zero-order valence-electron chi connectivity index (χ0n) is 13.9. The third-order valence-corrected chi connectivity index (χ3v) is 5.26. The molecule has 132 valence electrons. The number of rotatable bonds is 2. The second-order valence-corrected chi connectivity index (χ2v) is 6.94. The van der Waals surface area contributed by atoms with Crippen LogP contribution in [0.15, 0.2) is 17.1 Å². The molecule has 2 fully saturated rings. The van der Waals surface area contributed by atoms with Crippen LogP contribution < -0.4 is 5.43 Å². The van der Waals surface area contributed by atoms with Crippen molar-refractivity contribution >= 4 is 28.5 Å². The summed E-state index contributed by atoms with van der Waals surface area (Å²) in [7, 11) is 0. The van der Waals surface area contributed by atoms with Gasteiger partial charge in [0.15, 0.2) is 10.8 Å². The molecule has 2 aliphatic heterocycles. The molecule has 0 aromatic carbocycles. The minimum Gasteiger partial charge on any atom is -0.377 e. The van der Waals surface area contributed by atoms with Gasteiger partial charge in [0.1, 0.15) is 5.56 Å². The van der Waals surface area contributed by atoms with Crippen LogP contribution in [0.3, 0.4) is 0 Å². The van der Waals surface area contributed by atoms with Gasteiger partial charge in [0.25, 0.3) is 5.91 Å². The summed E-state index contributed by atoms with van der Waals surface area (Å²) in [6.45, 7) is 3.57. The lowest BCUT2D eigenvalue weighted by Crippen LogP contribution is -2.57. The quantitative estimate of drug-likeness (QED) is 0.814. The maximum atomic E-state index is 13.2. The van der Waals surface area contributed by atoms with E-state index in [1.54, 1.807) is 10.8 Å². The van der Waals surface area contributed by atoms with Gasteiger partial charge in [-0.3, -0.25) is 9.59 Å². The topological polar surface area (TPSA) is 77.3 Å². The van der Waals surface area contributed by atoms with Crippen molar-refractivity contribution < 1.29 is 9.53 Å². The Hall–Kier alpha value is -1.99. The first-order chi connectivity index (χ1) is 12.1. The summed E-state index contributed by atoms with van der Waals surface area (Å²) >= 11 is 5.91. The van der Waals surface area contributed by atoms with Crippen molar-refractivity contribution in [3.05, 3.63) is 33.2 Å². The van der Waals surface area contributed by atoms with Gasteiger partial charge in [-0.25, -0.2) is 0 Å². The van der Waals surface area contributed by atoms with E-state index < -0.39 is 0 Å². The summed E-state index contributed by atoms with van der Waals surface area (Å²) in [5.74, 6) is -0.222. The number of hydrogen-bond acceptors (Lipinski definition) is 5. The molecule has 0 radical (unpaired) electrons. The average molecular weight is 363 g/mol. The zero-order valence-corrected chi connectivity index (χ0v) is 14.7. The molecular weight excluding hydrogens is 344 g/mol. The van der Waals surface area contributed by atoms with Gasteiger partial charge in [-0.1, -0.05) is 11.6 Å². The molecule has 0 aliphatic carbocycles. The number of halogens is 1. The minimum absolute atomic E-state index is 0.0457. The summed E-state index contributed by atoms with van der Waals surface area (Å²) in [5.41, 5.74) is 0.263. The molecule has 2 saturated heterocycles. The van der Waals surface area contributed by atoms with Gasteiger partial charge in [-0.05, 0) is 32.3 Å². The molecule has 2 bridgehead atoms. The van der Waals surface area contributed by atoms with Gasteiger partial charge in [-0.2, -0.15) is 0 Å². The van der Waals surface area contributed by atoms with Crippen LogP contribution in [0.4, 0.5) is 0 Å². The van der Waals surface area contributed by atoms with E-state index in [9.17, 15) is 9.59 Å². The Morgan fingerprint density at radius 2 is 2.04 bits per heavy atom. The lowest BCUT2D eigenvalue weighted by Gasteiger charge is -2.45. The molecule has 2 atom stereocenters. The van der Waals surface area contributed by atoms with Gasteiger partial charge < -0.3 is 14.2 Å². The molecule has 0 spiro atoms. The van der Waals surface area contributed by atoms with E-state index in [2.05, 4.69) is 10.2 Å². The van der Waals surface area contributed by atoms with Crippen LogP contribution in [-0.2, 0) is 11.3 Å². The number of carbonyl (C=O) groups excluding carboxylic acids is 1. The number of pyridine rings is 1. The van der Waals surface area contributed by atoms with Gasteiger partial charge >= 0.3 is 0 Å². The van der Waals surface area contributed by atoms with E-state index in [-0.39, 0.29) is 34.1 Å². The summed E-state index contributed by atoms with van der Waals surface area (Å²) in [5, 5.41) is 8.29. The Morgan fingerprint density at radius 3 is 2.72 bits per heavy atom. The predicted octanol–water partition coefficient (Wildman–Crippen LogP) is 1.86. The van der Waals surface area contributed by atoms with Gasteiger partial charge in [0, 0.05) is 12.7 Å².